The molecule has 44 heavy (non-hydrogen) atoms. The molecule has 0 radical (unpaired) electrons. The molecule has 0 spiro atoms. The molecular formula is C34H36N6O4. The van der Waals surface area contributed by atoms with Crippen molar-refractivity contribution in [3.05, 3.63) is 100 Å². The number of rotatable bonds is 8. The number of carbonyl (C=O) groups excluding carboxylic acids is 1. The second-order valence-electron chi connectivity index (χ2n) is 10.9. The molecule has 0 saturated carbocycles. The molecule has 0 bridgehead atoms. The highest BCUT2D eigenvalue weighted by molar-refractivity contribution is 5.81. The van der Waals surface area contributed by atoms with Crippen LogP contribution in [0, 0.1) is 6.92 Å². The van der Waals surface area contributed by atoms with Gasteiger partial charge in [-0.05, 0) is 56.5 Å². The van der Waals surface area contributed by atoms with Crippen molar-refractivity contribution >= 4 is 22.8 Å². The van der Waals surface area contributed by atoms with E-state index in [1.807, 2.05) is 99.8 Å². The predicted octanol–water partition coefficient (Wildman–Crippen LogP) is 5.72. The van der Waals surface area contributed by atoms with E-state index in [4.69, 9.17) is 14.5 Å². The summed E-state index contributed by atoms with van der Waals surface area (Å²) in [4.78, 5) is 37.9. The molecule has 1 aliphatic rings. The third-order valence-corrected chi connectivity index (χ3v) is 8.09. The van der Waals surface area contributed by atoms with Crippen molar-refractivity contribution in [2.24, 2.45) is 0 Å². The average molecular weight is 593 g/mol. The summed E-state index contributed by atoms with van der Waals surface area (Å²) >= 11 is 0. The maximum atomic E-state index is 13.4. The van der Waals surface area contributed by atoms with Crippen LogP contribution in [0.5, 0.6) is 5.75 Å². The maximum absolute atomic E-state index is 13.4. The Kier molecular flexibility index (Phi) is 8.31. The number of hydrogen-bond acceptors (Lipinski definition) is 7. The number of para-hydroxylation sites is 1. The monoisotopic (exact) mass is 592 g/mol. The molecule has 2 aromatic heterocycles. The molecule has 6 rings (SSSR count). The van der Waals surface area contributed by atoms with Crippen LogP contribution in [0.3, 0.4) is 0 Å². The second kappa shape index (κ2) is 12.6. The number of H-pyrrole nitrogens is 1. The number of benzene rings is 3. The zero-order valence-electron chi connectivity index (χ0n) is 25.2. The summed E-state index contributed by atoms with van der Waals surface area (Å²) < 4.78 is 13.2. The van der Waals surface area contributed by atoms with Gasteiger partial charge in [-0.2, -0.15) is 5.10 Å². The van der Waals surface area contributed by atoms with E-state index in [9.17, 15) is 9.59 Å². The van der Waals surface area contributed by atoms with Gasteiger partial charge in [-0.25, -0.2) is 14.5 Å². The minimum Gasteiger partial charge on any atom is -0.493 e. The highest BCUT2D eigenvalue weighted by atomic mass is 16.6. The highest BCUT2D eigenvalue weighted by Crippen LogP contribution is 2.34. The fraction of sp³-hybridized carbons (Fsp3) is 0.294. The van der Waals surface area contributed by atoms with Crippen molar-refractivity contribution in [2.45, 2.75) is 39.3 Å². The molecule has 10 heteroatoms. The minimum absolute atomic E-state index is 0.0983. The molecule has 1 fully saturated rings. The van der Waals surface area contributed by atoms with Crippen molar-refractivity contribution in [3.63, 3.8) is 0 Å². The van der Waals surface area contributed by atoms with Crippen LogP contribution in [0.15, 0.2) is 83.7 Å². The Bertz CT molecular complexity index is 1810. The first kappa shape index (κ1) is 29.0. The first-order valence-corrected chi connectivity index (χ1v) is 14.9. The van der Waals surface area contributed by atoms with Crippen molar-refractivity contribution in [2.75, 3.05) is 31.6 Å². The van der Waals surface area contributed by atoms with Gasteiger partial charge >= 0.3 is 6.09 Å². The number of nitrogens with one attached hydrogen (secondary N) is 1. The molecule has 1 amide bonds. The number of anilines is 1. The van der Waals surface area contributed by atoms with Gasteiger partial charge in [0.15, 0.2) is 5.52 Å². The van der Waals surface area contributed by atoms with Gasteiger partial charge in [0.05, 0.1) is 23.6 Å². The van der Waals surface area contributed by atoms with E-state index < -0.39 is 0 Å². The summed E-state index contributed by atoms with van der Waals surface area (Å²) in [6.07, 6.45) is 1.33. The molecule has 226 valence electrons. The van der Waals surface area contributed by atoms with Crippen molar-refractivity contribution in [1.29, 1.82) is 0 Å². The van der Waals surface area contributed by atoms with E-state index >= 15 is 0 Å². The minimum atomic E-state index is -0.307. The zero-order valence-corrected chi connectivity index (χ0v) is 25.2. The Morgan fingerprint density at radius 3 is 2.41 bits per heavy atom. The average Bonchev–Trinajstić information content (AvgIpc) is 3.41. The number of amides is 1. The Morgan fingerprint density at radius 2 is 1.70 bits per heavy atom. The summed E-state index contributed by atoms with van der Waals surface area (Å²) in [6.45, 7) is 6.08. The first-order valence-electron chi connectivity index (χ1n) is 14.9. The lowest BCUT2D eigenvalue weighted by Crippen LogP contribution is -2.45. The van der Waals surface area contributed by atoms with Crippen LogP contribution in [0.25, 0.3) is 28.1 Å². The number of piperidine rings is 1. The third kappa shape index (κ3) is 5.88. The van der Waals surface area contributed by atoms with Gasteiger partial charge in [-0.15, -0.1) is 0 Å². The van der Waals surface area contributed by atoms with Gasteiger partial charge in [0.1, 0.15) is 23.7 Å². The highest BCUT2D eigenvalue weighted by Gasteiger charge is 2.27. The molecular weight excluding hydrogens is 556 g/mol. The van der Waals surface area contributed by atoms with E-state index in [2.05, 4.69) is 15.0 Å². The van der Waals surface area contributed by atoms with Crippen molar-refractivity contribution < 1.29 is 14.3 Å². The van der Waals surface area contributed by atoms with Crippen LogP contribution in [0.4, 0.5) is 10.5 Å². The van der Waals surface area contributed by atoms with Gasteiger partial charge in [0.2, 0.25) is 0 Å². The predicted molar refractivity (Wildman–Crippen MR) is 170 cm³/mol. The second-order valence-corrected chi connectivity index (χ2v) is 10.9. The molecule has 1 N–H and O–H groups in total. The molecule has 3 aromatic carbocycles. The van der Waals surface area contributed by atoms with E-state index in [1.54, 1.807) is 9.58 Å². The van der Waals surface area contributed by atoms with Crippen LogP contribution in [-0.2, 0) is 11.3 Å². The summed E-state index contributed by atoms with van der Waals surface area (Å²) in [5, 5.41) is 4.61. The fourth-order valence-electron chi connectivity index (χ4n) is 5.71. The number of aromatic amines is 1. The van der Waals surface area contributed by atoms with E-state index in [0.717, 1.165) is 42.9 Å². The standard InChI is InChI=1S/C34H36N6O4/c1-4-43-29-21-27(39-19-17-25(18-20-39)38(3)34(42)44-22-24-11-7-5-8-12-24)15-16-28(29)32-35-30-23(2)37-40(31(30)33(41)36-32)26-13-9-6-10-14-26/h5-16,21,25H,4,17-20,22H2,1-3H3,(H,35,36,41). The lowest BCUT2D eigenvalue weighted by molar-refractivity contribution is 0.0862. The van der Waals surface area contributed by atoms with Crippen LogP contribution < -0.4 is 15.2 Å². The number of aryl methyl sites for hydroxylation is 1. The van der Waals surface area contributed by atoms with Gasteiger partial charge < -0.3 is 24.3 Å². The lowest BCUT2D eigenvalue weighted by Gasteiger charge is -2.37. The van der Waals surface area contributed by atoms with Crippen LogP contribution in [-0.4, -0.2) is 63.5 Å². The lowest BCUT2D eigenvalue weighted by atomic mass is 10.0. The SMILES string of the molecule is CCOc1cc(N2CCC(N(C)C(=O)OCc3ccccc3)CC2)ccc1-c1nc2c(C)nn(-c3ccccc3)c2c(=O)[nH]1. The van der Waals surface area contributed by atoms with Crippen LogP contribution in [0.2, 0.25) is 0 Å². The topological polar surface area (TPSA) is 106 Å². The third-order valence-electron chi connectivity index (χ3n) is 8.09. The van der Waals surface area contributed by atoms with E-state index in [1.165, 1.54) is 0 Å². The molecule has 1 saturated heterocycles. The Morgan fingerprint density at radius 1 is 1.00 bits per heavy atom. The summed E-state index contributed by atoms with van der Waals surface area (Å²) in [6, 6.07) is 25.3. The molecule has 0 aliphatic carbocycles. The van der Waals surface area contributed by atoms with E-state index in [-0.39, 0.29) is 24.3 Å². The molecule has 3 heterocycles. The smallest absolute Gasteiger partial charge is 0.410 e. The summed E-state index contributed by atoms with van der Waals surface area (Å²) in [5.41, 5.74) is 4.84. The Labute approximate surface area is 255 Å². The molecule has 1 aliphatic heterocycles. The van der Waals surface area contributed by atoms with Gasteiger partial charge in [0, 0.05) is 37.9 Å². The quantitative estimate of drug-likeness (QED) is 0.246. The number of fused-ring (bicyclic) bond motifs is 1. The molecule has 5 aromatic rings. The number of hydrogen-bond donors (Lipinski definition) is 1. The molecule has 0 unspecified atom stereocenters. The summed E-state index contributed by atoms with van der Waals surface area (Å²) in [7, 11) is 1.81. The molecule has 10 nitrogen and oxygen atoms in total. The van der Waals surface area contributed by atoms with Crippen LogP contribution >= 0.6 is 0 Å². The maximum Gasteiger partial charge on any atom is 0.410 e. The normalized spacial score (nSPS) is 13.7. The van der Waals surface area contributed by atoms with Gasteiger partial charge in [-0.3, -0.25) is 4.79 Å². The number of ether oxygens (including phenoxy) is 2. The first-order chi connectivity index (χ1) is 21.4. The van der Waals surface area contributed by atoms with Gasteiger partial charge in [-0.1, -0.05) is 48.5 Å². The zero-order chi connectivity index (χ0) is 30.6. The summed E-state index contributed by atoms with van der Waals surface area (Å²) in [5.74, 6) is 1.08. The molecule has 0 atom stereocenters. The number of aromatic nitrogens is 4. The Balaban J connectivity index is 1.18. The largest absolute Gasteiger partial charge is 0.493 e. The Hall–Kier alpha value is -5.12. The number of carbonyl (C=O) groups is 1. The fourth-order valence-corrected chi connectivity index (χ4v) is 5.71. The van der Waals surface area contributed by atoms with Gasteiger partial charge in [0.25, 0.3) is 5.56 Å². The number of nitrogens with zero attached hydrogens (tertiary/aromatic N) is 5. The van der Waals surface area contributed by atoms with Crippen molar-refractivity contribution in [3.8, 4) is 22.8 Å². The van der Waals surface area contributed by atoms with E-state index in [0.29, 0.717) is 40.5 Å². The van der Waals surface area contributed by atoms with Crippen LogP contribution in [0.1, 0.15) is 31.0 Å². The van der Waals surface area contributed by atoms with Crippen molar-refractivity contribution in [1.82, 2.24) is 24.6 Å².